The summed E-state index contributed by atoms with van der Waals surface area (Å²) in [5.41, 5.74) is 5.62. The van der Waals surface area contributed by atoms with Crippen LogP contribution in [0, 0.1) is 27.7 Å². The van der Waals surface area contributed by atoms with E-state index in [9.17, 15) is 9.59 Å². The first kappa shape index (κ1) is 18.3. The Morgan fingerprint density at radius 3 is 2.36 bits per heavy atom. The molecule has 0 unspecified atom stereocenters. The zero-order valence-electron chi connectivity index (χ0n) is 17.2. The summed E-state index contributed by atoms with van der Waals surface area (Å²) in [6.07, 6.45) is 0.713. The number of nitrogens with zero attached hydrogens (tertiary/aromatic N) is 5. The Labute approximate surface area is 162 Å². The molecule has 0 atom stereocenters. The predicted octanol–water partition coefficient (Wildman–Crippen LogP) is 2.78. The molecule has 0 saturated carbocycles. The maximum absolute atomic E-state index is 13.2. The average Bonchev–Trinajstić information content (AvgIpc) is 3.16. The maximum Gasteiger partial charge on any atom is 0.332 e. The molecule has 0 saturated heterocycles. The molecule has 0 aliphatic heterocycles. The third-order valence-electron chi connectivity index (χ3n) is 5.71. The lowest BCUT2D eigenvalue weighted by Gasteiger charge is -2.09. The third-order valence-corrected chi connectivity index (χ3v) is 5.71. The summed E-state index contributed by atoms with van der Waals surface area (Å²) < 4.78 is 6.71. The minimum absolute atomic E-state index is 0.284. The molecule has 0 N–H and O–H groups in total. The standard InChI is InChI=1S/C21H25N5O2/c1-7-10-24-19(27)17-18(23(6)21(24)28)22-20-25(14(4)15(5)26(17)20)16-9-8-12(2)13(3)11-16/h8-9,11H,7,10H2,1-6H3. The van der Waals surface area contributed by atoms with Crippen LogP contribution in [0.15, 0.2) is 27.8 Å². The van der Waals surface area contributed by atoms with Crippen molar-refractivity contribution in [2.75, 3.05) is 0 Å². The van der Waals surface area contributed by atoms with E-state index in [1.807, 2.05) is 25.2 Å². The Bertz CT molecular complexity index is 1360. The second-order valence-corrected chi connectivity index (χ2v) is 7.49. The summed E-state index contributed by atoms with van der Waals surface area (Å²) in [4.78, 5) is 30.5. The number of hydrogen-bond donors (Lipinski definition) is 0. The quantitative estimate of drug-likeness (QED) is 0.550. The van der Waals surface area contributed by atoms with Gasteiger partial charge in [-0.3, -0.25) is 22.9 Å². The monoisotopic (exact) mass is 379 g/mol. The van der Waals surface area contributed by atoms with Gasteiger partial charge in [-0.15, -0.1) is 0 Å². The fraction of sp³-hybridized carbons (Fsp3) is 0.381. The summed E-state index contributed by atoms with van der Waals surface area (Å²) in [5, 5.41) is 0. The molecule has 3 aromatic heterocycles. The van der Waals surface area contributed by atoms with E-state index in [4.69, 9.17) is 4.98 Å². The molecule has 0 fully saturated rings. The van der Waals surface area contributed by atoms with Crippen LogP contribution in [0.4, 0.5) is 0 Å². The van der Waals surface area contributed by atoms with Gasteiger partial charge >= 0.3 is 5.69 Å². The molecule has 4 aromatic rings. The van der Waals surface area contributed by atoms with Gasteiger partial charge in [0.15, 0.2) is 11.2 Å². The SMILES string of the molecule is CCCn1c(=O)c2c(nc3n(-c4ccc(C)c(C)c4)c(C)c(C)n23)n(C)c1=O. The van der Waals surface area contributed by atoms with E-state index in [0.29, 0.717) is 29.9 Å². The Morgan fingerprint density at radius 1 is 1.00 bits per heavy atom. The van der Waals surface area contributed by atoms with Gasteiger partial charge in [-0.1, -0.05) is 13.0 Å². The Kier molecular flexibility index (Phi) is 4.06. The topological polar surface area (TPSA) is 66.2 Å². The van der Waals surface area contributed by atoms with Gasteiger partial charge in [-0.05, 0) is 57.4 Å². The van der Waals surface area contributed by atoms with Crippen LogP contribution in [-0.2, 0) is 13.6 Å². The van der Waals surface area contributed by atoms with Crippen LogP contribution in [-0.4, -0.2) is 23.1 Å². The number of benzene rings is 1. The molecular weight excluding hydrogens is 354 g/mol. The smallest absolute Gasteiger partial charge is 0.283 e. The predicted molar refractivity (Wildman–Crippen MR) is 111 cm³/mol. The lowest BCUT2D eigenvalue weighted by atomic mass is 10.1. The van der Waals surface area contributed by atoms with E-state index in [1.54, 1.807) is 7.05 Å². The fourth-order valence-corrected chi connectivity index (χ4v) is 3.85. The van der Waals surface area contributed by atoms with E-state index < -0.39 is 0 Å². The molecule has 0 aliphatic rings. The Morgan fingerprint density at radius 2 is 1.71 bits per heavy atom. The van der Waals surface area contributed by atoms with Crippen molar-refractivity contribution in [2.24, 2.45) is 7.05 Å². The van der Waals surface area contributed by atoms with Crippen molar-refractivity contribution in [2.45, 2.75) is 47.6 Å². The highest BCUT2D eigenvalue weighted by atomic mass is 16.2. The van der Waals surface area contributed by atoms with Gasteiger partial charge in [0.25, 0.3) is 5.56 Å². The van der Waals surface area contributed by atoms with Gasteiger partial charge in [-0.25, -0.2) is 4.79 Å². The second-order valence-electron chi connectivity index (χ2n) is 7.49. The van der Waals surface area contributed by atoms with Gasteiger partial charge in [0.05, 0.1) is 0 Å². The highest BCUT2D eigenvalue weighted by Gasteiger charge is 2.23. The molecule has 0 radical (unpaired) electrons. The number of imidazole rings is 2. The number of aryl methyl sites for hydroxylation is 4. The highest BCUT2D eigenvalue weighted by molar-refractivity contribution is 5.77. The van der Waals surface area contributed by atoms with Crippen molar-refractivity contribution in [1.82, 2.24) is 23.1 Å². The van der Waals surface area contributed by atoms with Crippen LogP contribution in [0.25, 0.3) is 22.6 Å². The minimum atomic E-state index is -0.327. The number of aromatic nitrogens is 5. The third kappa shape index (κ3) is 2.32. The first-order valence-electron chi connectivity index (χ1n) is 9.55. The van der Waals surface area contributed by atoms with Gasteiger partial charge in [-0.2, -0.15) is 4.98 Å². The highest BCUT2D eigenvalue weighted by Crippen LogP contribution is 2.25. The van der Waals surface area contributed by atoms with E-state index in [0.717, 1.165) is 17.1 Å². The molecule has 7 nitrogen and oxygen atoms in total. The minimum Gasteiger partial charge on any atom is -0.283 e. The molecule has 0 aliphatic carbocycles. The number of fused-ring (bicyclic) bond motifs is 3. The largest absolute Gasteiger partial charge is 0.332 e. The van der Waals surface area contributed by atoms with Crippen LogP contribution in [0.5, 0.6) is 0 Å². The first-order valence-corrected chi connectivity index (χ1v) is 9.55. The summed E-state index contributed by atoms with van der Waals surface area (Å²) in [7, 11) is 1.67. The van der Waals surface area contributed by atoms with Gasteiger partial charge in [0.1, 0.15) is 0 Å². The van der Waals surface area contributed by atoms with E-state index in [2.05, 4.69) is 36.6 Å². The number of hydrogen-bond acceptors (Lipinski definition) is 3. The lowest BCUT2D eigenvalue weighted by Crippen LogP contribution is -2.39. The van der Waals surface area contributed by atoms with Crippen LogP contribution in [0.1, 0.15) is 35.9 Å². The van der Waals surface area contributed by atoms with Crippen LogP contribution in [0.2, 0.25) is 0 Å². The normalized spacial score (nSPS) is 11.8. The summed E-state index contributed by atoms with van der Waals surface area (Å²) >= 11 is 0. The Hall–Kier alpha value is -3.09. The van der Waals surface area contributed by atoms with Crippen molar-refractivity contribution >= 4 is 16.9 Å². The molecule has 0 spiro atoms. The second kappa shape index (κ2) is 6.22. The van der Waals surface area contributed by atoms with Crippen LogP contribution in [0.3, 0.4) is 0 Å². The molecule has 28 heavy (non-hydrogen) atoms. The average molecular weight is 379 g/mol. The first-order chi connectivity index (χ1) is 13.3. The van der Waals surface area contributed by atoms with Crippen molar-refractivity contribution in [3.05, 3.63) is 61.6 Å². The van der Waals surface area contributed by atoms with Crippen molar-refractivity contribution in [3.8, 4) is 5.69 Å². The van der Waals surface area contributed by atoms with E-state index in [-0.39, 0.29) is 11.2 Å². The van der Waals surface area contributed by atoms with Gasteiger partial charge in [0, 0.05) is 30.7 Å². The Balaban J connectivity index is 2.19. The van der Waals surface area contributed by atoms with Gasteiger partial charge < -0.3 is 0 Å². The summed E-state index contributed by atoms with van der Waals surface area (Å²) in [6, 6.07) is 6.26. The van der Waals surface area contributed by atoms with E-state index >= 15 is 0 Å². The van der Waals surface area contributed by atoms with Crippen molar-refractivity contribution in [1.29, 1.82) is 0 Å². The zero-order chi connectivity index (χ0) is 20.3. The van der Waals surface area contributed by atoms with Crippen LogP contribution >= 0.6 is 0 Å². The maximum atomic E-state index is 13.2. The summed E-state index contributed by atoms with van der Waals surface area (Å²) in [5.74, 6) is 0.648. The molecular formula is C21H25N5O2. The molecule has 7 heteroatoms. The van der Waals surface area contributed by atoms with Crippen molar-refractivity contribution < 1.29 is 0 Å². The number of rotatable bonds is 3. The molecule has 4 rings (SSSR count). The molecule has 0 amide bonds. The molecule has 0 bridgehead atoms. The molecule has 3 heterocycles. The van der Waals surface area contributed by atoms with Gasteiger partial charge in [0.2, 0.25) is 5.78 Å². The fourth-order valence-electron chi connectivity index (χ4n) is 3.85. The lowest BCUT2D eigenvalue weighted by molar-refractivity contribution is 0.592. The van der Waals surface area contributed by atoms with Crippen LogP contribution < -0.4 is 11.2 Å². The van der Waals surface area contributed by atoms with E-state index in [1.165, 1.54) is 20.3 Å². The van der Waals surface area contributed by atoms with Crippen molar-refractivity contribution in [3.63, 3.8) is 0 Å². The molecule has 1 aromatic carbocycles. The summed E-state index contributed by atoms with van der Waals surface area (Å²) in [6.45, 7) is 10.5. The zero-order valence-corrected chi connectivity index (χ0v) is 17.2. The molecule has 146 valence electrons.